The molecular formula is C9H11F5. The summed E-state index contributed by atoms with van der Waals surface area (Å²) in [7, 11) is 0. The molecule has 0 N–H and O–H groups in total. The molecule has 0 radical (unpaired) electrons. The van der Waals surface area contributed by atoms with Gasteiger partial charge in [0.1, 0.15) is 5.83 Å². The maximum Gasteiger partial charge on any atom is 0.445 e. The fraction of sp³-hybridized carbons (Fsp3) is 0.778. The molecule has 1 aliphatic carbocycles. The van der Waals surface area contributed by atoms with Crippen LogP contribution in [0, 0.1) is 5.92 Å². The first-order valence-corrected chi connectivity index (χ1v) is 4.55. The molecule has 0 aromatic carbocycles. The zero-order chi connectivity index (χ0) is 10.8. The van der Waals surface area contributed by atoms with Gasteiger partial charge < -0.3 is 0 Å². The topological polar surface area (TPSA) is 0 Å². The van der Waals surface area contributed by atoms with Crippen molar-refractivity contribution in [2.24, 2.45) is 5.92 Å². The molecule has 0 spiro atoms. The summed E-state index contributed by atoms with van der Waals surface area (Å²) in [6.07, 6.45) is -2.32. The molecule has 0 bridgehead atoms. The summed E-state index contributed by atoms with van der Waals surface area (Å²) >= 11 is 0. The second kappa shape index (κ2) is 4.28. The average Bonchev–Trinajstić information content (AvgIpc) is 2.15. The van der Waals surface area contributed by atoms with Crippen LogP contribution in [0.2, 0.25) is 0 Å². The minimum atomic E-state index is -5.18. The maximum atomic E-state index is 13.0. The normalized spacial score (nSPS) is 22.1. The largest absolute Gasteiger partial charge is 0.445 e. The third-order valence-electron chi connectivity index (χ3n) is 2.42. The molecule has 1 saturated carbocycles. The lowest BCUT2D eigenvalue weighted by Gasteiger charge is -2.20. The van der Waals surface area contributed by atoms with E-state index in [1.807, 2.05) is 0 Å². The predicted molar refractivity (Wildman–Crippen MR) is 41.9 cm³/mol. The Balaban J connectivity index is 2.74. The third kappa shape index (κ3) is 2.69. The van der Waals surface area contributed by atoms with Gasteiger partial charge in [-0.1, -0.05) is 19.3 Å². The summed E-state index contributed by atoms with van der Waals surface area (Å²) in [4.78, 5) is 0. The lowest BCUT2D eigenvalue weighted by molar-refractivity contribution is -0.112. The monoisotopic (exact) mass is 214 g/mol. The van der Waals surface area contributed by atoms with Gasteiger partial charge in [-0.3, -0.25) is 0 Å². The van der Waals surface area contributed by atoms with Gasteiger partial charge in [-0.2, -0.15) is 17.6 Å². The Labute approximate surface area is 78.8 Å². The molecule has 0 amide bonds. The van der Waals surface area contributed by atoms with E-state index in [4.69, 9.17) is 0 Å². The van der Waals surface area contributed by atoms with Crippen LogP contribution in [0.1, 0.15) is 32.1 Å². The first kappa shape index (κ1) is 11.5. The SMILES string of the molecule is F/C(=C(\F)C(F)(F)F)C1CCCCC1. The Bertz CT molecular complexity index is 222. The molecule has 0 aromatic heterocycles. The Hall–Kier alpha value is -0.610. The van der Waals surface area contributed by atoms with Crippen LogP contribution >= 0.6 is 0 Å². The molecule has 1 aliphatic rings. The van der Waals surface area contributed by atoms with E-state index in [1.165, 1.54) is 0 Å². The van der Waals surface area contributed by atoms with E-state index in [0.29, 0.717) is 25.7 Å². The molecule has 0 saturated heterocycles. The van der Waals surface area contributed by atoms with E-state index >= 15 is 0 Å². The molecule has 0 unspecified atom stereocenters. The van der Waals surface area contributed by atoms with Crippen LogP contribution < -0.4 is 0 Å². The third-order valence-corrected chi connectivity index (χ3v) is 2.42. The van der Waals surface area contributed by atoms with Gasteiger partial charge in [-0.25, -0.2) is 4.39 Å². The number of halogens is 5. The molecule has 0 aromatic rings. The van der Waals surface area contributed by atoms with Crippen molar-refractivity contribution in [3.8, 4) is 0 Å². The van der Waals surface area contributed by atoms with Crippen molar-refractivity contribution in [2.45, 2.75) is 38.3 Å². The van der Waals surface area contributed by atoms with Gasteiger partial charge >= 0.3 is 6.18 Å². The summed E-state index contributed by atoms with van der Waals surface area (Å²) < 4.78 is 60.8. The summed E-state index contributed by atoms with van der Waals surface area (Å²) in [6, 6.07) is 0. The Morgan fingerprint density at radius 1 is 0.929 bits per heavy atom. The predicted octanol–water partition coefficient (Wildman–Crippen LogP) is 4.28. The molecule has 82 valence electrons. The van der Waals surface area contributed by atoms with Gasteiger partial charge in [0.2, 0.25) is 5.83 Å². The lowest BCUT2D eigenvalue weighted by Crippen LogP contribution is -2.15. The van der Waals surface area contributed by atoms with Crippen molar-refractivity contribution < 1.29 is 22.0 Å². The van der Waals surface area contributed by atoms with Gasteiger partial charge in [0.15, 0.2) is 0 Å². The number of hydrogen-bond acceptors (Lipinski definition) is 0. The van der Waals surface area contributed by atoms with E-state index in [-0.39, 0.29) is 0 Å². The van der Waals surface area contributed by atoms with Gasteiger partial charge in [0.05, 0.1) is 0 Å². The fourth-order valence-corrected chi connectivity index (χ4v) is 1.67. The maximum absolute atomic E-state index is 13.0. The minimum Gasteiger partial charge on any atom is -0.208 e. The Kier molecular flexibility index (Phi) is 3.50. The zero-order valence-corrected chi connectivity index (χ0v) is 7.50. The van der Waals surface area contributed by atoms with E-state index in [9.17, 15) is 22.0 Å². The second-order valence-corrected chi connectivity index (χ2v) is 3.49. The molecule has 14 heavy (non-hydrogen) atoms. The van der Waals surface area contributed by atoms with Gasteiger partial charge in [0, 0.05) is 5.92 Å². The molecular weight excluding hydrogens is 203 g/mol. The summed E-state index contributed by atoms with van der Waals surface area (Å²) in [5.41, 5.74) is 0. The van der Waals surface area contributed by atoms with Crippen molar-refractivity contribution in [1.82, 2.24) is 0 Å². The molecule has 1 fully saturated rings. The number of allylic oxidation sites excluding steroid dienone is 2. The standard InChI is InChI=1S/C9H11F5/c10-7(8(11)9(12,13)14)6-4-2-1-3-5-6/h6H,1-5H2/b8-7-. The van der Waals surface area contributed by atoms with Crippen LogP contribution in [0.25, 0.3) is 0 Å². The second-order valence-electron chi connectivity index (χ2n) is 3.49. The molecule has 0 atom stereocenters. The quantitative estimate of drug-likeness (QED) is 0.571. The van der Waals surface area contributed by atoms with Gasteiger partial charge in [-0.15, -0.1) is 0 Å². The zero-order valence-electron chi connectivity index (χ0n) is 7.50. The van der Waals surface area contributed by atoms with Crippen LogP contribution in [0.4, 0.5) is 22.0 Å². The smallest absolute Gasteiger partial charge is 0.208 e. The highest BCUT2D eigenvalue weighted by atomic mass is 19.4. The van der Waals surface area contributed by atoms with Gasteiger partial charge in [-0.05, 0) is 12.8 Å². The van der Waals surface area contributed by atoms with Crippen molar-refractivity contribution in [3.05, 3.63) is 11.7 Å². The van der Waals surface area contributed by atoms with Crippen molar-refractivity contribution in [2.75, 3.05) is 0 Å². The highest BCUT2D eigenvalue weighted by Gasteiger charge is 2.40. The molecule has 0 nitrogen and oxygen atoms in total. The van der Waals surface area contributed by atoms with Crippen LogP contribution in [-0.2, 0) is 0 Å². The molecule has 1 rings (SSSR count). The van der Waals surface area contributed by atoms with Crippen molar-refractivity contribution in [3.63, 3.8) is 0 Å². The van der Waals surface area contributed by atoms with E-state index in [0.717, 1.165) is 6.42 Å². The molecule has 5 heteroatoms. The lowest BCUT2D eigenvalue weighted by atomic mass is 9.88. The van der Waals surface area contributed by atoms with Crippen LogP contribution in [0.3, 0.4) is 0 Å². The fourth-order valence-electron chi connectivity index (χ4n) is 1.67. The Morgan fingerprint density at radius 3 is 1.86 bits per heavy atom. The van der Waals surface area contributed by atoms with E-state index in [1.54, 1.807) is 0 Å². The average molecular weight is 214 g/mol. The number of hydrogen-bond donors (Lipinski definition) is 0. The molecule has 0 heterocycles. The van der Waals surface area contributed by atoms with Crippen LogP contribution in [0.15, 0.2) is 11.7 Å². The van der Waals surface area contributed by atoms with Crippen molar-refractivity contribution >= 4 is 0 Å². The summed E-state index contributed by atoms with van der Waals surface area (Å²) in [5, 5.41) is 0. The first-order chi connectivity index (χ1) is 6.43. The van der Waals surface area contributed by atoms with E-state index in [2.05, 4.69) is 0 Å². The Morgan fingerprint density at radius 2 is 1.43 bits per heavy atom. The first-order valence-electron chi connectivity index (χ1n) is 4.55. The highest BCUT2D eigenvalue weighted by molar-refractivity contribution is 5.09. The van der Waals surface area contributed by atoms with Crippen LogP contribution in [-0.4, -0.2) is 6.18 Å². The van der Waals surface area contributed by atoms with Gasteiger partial charge in [0.25, 0.3) is 0 Å². The van der Waals surface area contributed by atoms with Crippen LogP contribution in [0.5, 0.6) is 0 Å². The molecule has 0 aliphatic heterocycles. The number of alkyl halides is 3. The summed E-state index contributed by atoms with van der Waals surface area (Å²) in [6.45, 7) is 0. The van der Waals surface area contributed by atoms with E-state index < -0.39 is 23.7 Å². The summed E-state index contributed by atoms with van der Waals surface area (Å²) in [5.74, 6) is -5.04. The number of rotatable bonds is 1. The minimum absolute atomic E-state index is 0.315. The highest BCUT2D eigenvalue weighted by Crippen LogP contribution is 2.37. The van der Waals surface area contributed by atoms with Crippen molar-refractivity contribution in [1.29, 1.82) is 0 Å².